The van der Waals surface area contributed by atoms with Gasteiger partial charge in [0.1, 0.15) is 12.1 Å². The predicted octanol–water partition coefficient (Wildman–Crippen LogP) is 2.24. The van der Waals surface area contributed by atoms with Gasteiger partial charge in [-0.15, -0.1) is 0 Å². The highest BCUT2D eigenvalue weighted by molar-refractivity contribution is 6.31. The smallest absolute Gasteiger partial charge is 0.327 e. The molecule has 1 aromatic rings. The Bertz CT molecular complexity index is 854. The topological polar surface area (TPSA) is 105 Å². The van der Waals surface area contributed by atoms with E-state index >= 15 is 0 Å². The van der Waals surface area contributed by atoms with Crippen LogP contribution in [0.3, 0.4) is 0 Å². The van der Waals surface area contributed by atoms with Gasteiger partial charge in [0.2, 0.25) is 0 Å². The molecule has 1 saturated carbocycles. The second-order valence-electron chi connectivity index (χ2n) is 7.33. The van der Waals surface area contributed by atoms with Crippen molar-refractivity contribution in [3.05, 3.63) is 28.8 Å². The van der Waals surface area contributed by atoms with Crippen LogP contribution in [0, 0.1) is 12.8 Å². The molecule has 2 aliphatic rings. The van der Waals surface area contributed by atoms with Crippen molar-refractivity contribution in [2.24, 2.45) is 5.92 Å². The van der Waals surface area contributed by atoms with Crippen LogP contribution in [0.15, 0.2) is 18.2 Å². The van der Waals surface area contributed by atoms with E-state index in [-0.39, 0.29) is 5.92 Å². The third kappa shape index (κ3) is 3.82. The zero-order valence-corrected chi connectivity index (χ0v) is 16.6. The summed E-state index contributed by atoms with van der Waals surface area (Å²) in [5.41, 5.74) is 0.231. The van der Waals surface area contributed by atoms with Crippen molar-refractivity contribution >= 4 is 41.1 Å². The average molecular weight is 408 g/mol. The van der Waals surface area contributed by atoms with Gasteiger partial charge in [-0.3, -0.25) is 19.3 Å². The Hall–Kier alpha value is -2.61. The summed E-state index contributed by atoms with van der Waals surface area (Å²) < 4.78 is 5.10. The van der Waals surface area contributed by atoms with Gasteiger partial charge in [0.25, 0.3) is 11.8 Å². The number of carbonyl (C=O) groups is 4. The van der Waals surface area contributed by atoms with Crippen LogP contribution >= 0.6 is 11.6 Å². The molecule has 1 heterocycles. The molecule has 0 spiro atoms. The quantitative estimate of drug-likeness (QED) is 0.555. The maximum atomic E-state index is 12.5. The average Bonchev–Trinajstić information content (AvgIpc) is 3.45. The van der Waals surface area contributed by atoms with Crippen molar-refractivity contribution in [3.8, 4) is 0 Å². The number of hydrogen-bond donors (Lipinski definition) is 2. The van der Waals surface area contributed by atoms with Crippen LogP contribution < -0.4 is 10.6 Å². The van der Waals surface area contributed by atoms with Gasteiger partial charge in [-0.2, -0.15) is 0 Å². The minimum Gasteiger partial charge on any atom is -0.451 e. The Balaban J connectivity index is 1.57. The molecule has 1 aliphatic carbocycles. The van der Waals surface area contributed by atoms with Crippen molar-refractivity contribution in [3.63, 3.8) is 0 Å². The number of ether oxygens (including phenoxy) is 1. The van der Waals surface area contributed by atoms with E-state index < -0.39 is 42.0 Å². The number of halogens is 1. The standard InChI is InChI=1S/C19H22ClN3O5/c1-10-13(20)5-4-6-14(10)21-16(25)11(2)28-15(24)9-23-17(26)19(3,12-7-8-12)22-18(23)27/h4-6,11-12H,7-9H2,1-3H3,(H,21,25)(H,22,27)/t11-,19+/m0/s1. The first-order valence-corrected chi connectivity index (χ1v) is 9.41. The molecule has 0 aromatic heterocycles. The van der Waals surface area contributed by atoms with E-state index in [1.807, 2.05) is 0 Å². The third-order valence-corrected chi connectivity index (χ3v) is 5.59. The van der Waals surface area contributed by atoms with Gasteiger partial charge in [-0.25, -0.2) is 4.79 Å². The highest BCUT2D eigenvalue weighted by Crippen LogP contribution is 2.42. The SMILES string of the molecule is Cc1c(Cl)cccc1NC(=O)[C@H](C)OC(=O)CN1C(=O)N[C@](C)(C2CC2)C1=O. The highest BCUT2D eigenvalue weighted by atomic mass is 35.5. The van der Waals surface area contributed by atoms with Gasteiger partial charge < -0.3 is 15.4 Å². The summed E-state index contributed by atoms with van der Waals surface area (Å²) in [4.78, 5) is 49.9. The number of amides is 4. The summed E-state index contributed by atoms with van der Waals surface area (Å²) in [5, 5.41) is 5.80. The van der Waals surface area contributed by atoms with Gasteiger partial charge in [0, 0.05) is 10.7 Å². The molecule has 1 aliphatic heterocycles. The fraction of sp³-hybridized carbons (Fsp3) is 0.474. The van der Waals surface area contributed by atoms with Crippen LogP contribution in [0.5, 0.6) is 0 Å². The summed E-state index contributed by atoms with van der Waals surface area (Å²) in [5.74, 6) is -1.73. The van der Waals surface area contributed by atoms with Crippen molar-refractivity contribution in [2.75, 3.05) is 11.9 Å². The highest BCUT2D eigenvalue weighted by Gasteiger charge is 2.56. The number of imide groups is 1. The predicted molar refractivity (Wildman–Crippen MR) is 102 cm³/mol. The largest absolute Gasteiger partial charge is 0.451 e. The van der Waals surface area contributed by atoms with Gasteiger partial charge in [-0.1, -0.05) is 17.7 Å². The lowest BCUT2D eigenvalue weighted by atomic mass is 9.96. The number of esters is 1. The lowest BCUT2D eigenvalue weighted by Gasteiger charge is -2.21. The molecule has 2 N–H and O–H groups in total. The van der Waals surface area contributed by atoms with E-state index in [1.54, 1.807) is 32.0 Å². The molecule has 4 amide bonds. The molecule has 2 atom stereocenters. The second-order valence-corrected chi connectivity index (χ2v) is 7.74. The van der Waals surface area contributed by atoms with Crippen LogP contribution in [0.4, 0.5) is 10.5 Å². The Labute approximate surface area is 167 Å². The number of nitrogens with one attached hydrogen (secondary N) is 2. The van der Waals surface area contributed by atoms with E-state index in [0.29, 0.717) is 16.3 Å². The first-order chi connectivity index (χ1) is 13.1. The Kier molecular flexibility index (Phi) is 5.34. The summed E-state index contributed by atoms with van der Waals surface area (Å²) in [7, 11) is 0. The minimum absolute atomic E-state index is 0.0932. The molecular weight excluding hydrogens is 386 g/mol. The van der Waals surface area contributed by atoms with Gasteiger partial charge >= 0.3 is 12.0 Å². The van der Waals surface area contributed by atoms with Crippen LogP contribution in [0.25, 0.3) is 0 Å². The van der Waals surface area contributed by atoms with E-state index in [9.17, 15) is 19.2 Å². The Morgan fingerprint density at radius 1 is 1.39 bits per heavy atom. The fourth-order valence-electron chi connectivity index (χ4n) is 3.19. The van der Waals surface area contributed by atoms with Crippen molar-refractivity contribution < 1.29 is 23.9 Å². The number of nitrogens with zero attached hydrogens (tertiary/aromatic N) is 1. The molecule has 3 rings (SSSR count). The molecule has 1 aromatic carbocycles. The van der Waals surface area contributed by atoms with E-state index in [1.165, 1.54) is 6.92 Å². The van der Waals surface area contributed by atoms with Crippen LogP contribution in [0.2, 0.25) is 5.02 Å². The third-order valence-electron chi connectivity index (χ3n) is 5.19. The number of benzene rings is 1. The lowest BCUT2D eigenvalue weighted by molar-refractivity contribution is -0.155. The molecule has 28 heavy (non-hydrogen) atoms. The molecule has 0 unspecified atom stereocenters. The molecule has 9 heteroatoms. The molecule has 8 nitrogen and oxygen atoms in total. The van der Waals surface area contributed by atoms with Crippen molar-refractivity contribution in [1.82, 2.24) is 10.2 Å². The van der Waals surface area contributed by atoms with E-state index in [2.05, 4.69) is 10.6 Å². The van der Waals surface area contributed by atoms with Gasteiger partial charge in [-0.05, 0) is 57.2 Å². The first-order valence-electron chi connectivity index (χ1n) is 9.03. The maximum absolute atomic E-state index is 12.5. The minimum atomic E-state index is -1.11. The Morgan fingerprint density at radius 2 is 2.07 bits per heavy atom. The summed E-state index contributed by atoms with van der Waals surface area (Å²) in [6, 6.07) is 4.45. The lowest BCUT2D eigenvalue weighted by Crippen LogP contribution is -2.46. The molecule has 1 saturated heterocycles. The maximum Gasteiger partial charge on any atom is 0.327 e. The van der Waals surface area contributed by atoms with Crippen LogP contribution in [-0.4, -0.2) is 46.9 Å². The number of urea groups is 1. The van der Waals surface area contributed by atoms with Crippen molar-refractivity contribution in [2.45, 2.75) is 45.3 Å². The van der Waals surface area contributed by atoms with Crippen LogP contribution in [0.1, 0.15) is 32.3 Å². The van der Waals surface area contributed by atoms with Gasteiger partial charge in [0.05, 0.1) is 0 Å². The number of carbonyl (C=O) groups excluding carboxylic acids is 4. The second kappa shape index (κ2) is 7.43. The molecular formula is C19H22ClN3O5. The molecule has 0 radical (unpaired) electrons. The number of anilines is 1. The van der Waals surface area contributed by atoms with E-state index in [4.69, 9.17) is 16.3 Å². The normalized spacial score (nSPS) is 22.6. The Morgan fingerprint density at radius 3 is 2.71 bits per heavy atom. The van der Waals surface area contributed by atoms with Crippen LogP contribution in [-0.2, 0) is 19.1 Å². The zero-order chi connectivity index (χ0) is 20.6. The zero-order valence-electron chi connectivity index (χ0n) is 15.9. The van der Waals surface area contributed by atoms with Gasteiger partial charge in [0.15, 0.2) is 6.10 Å². The first kappa shape index (κ1) is 20.1. The molecule has 0 bridgehead atoms. The van der Waals surface area contributed by atoms with Crippen molar-refractivity contribution in [1.29, 1.82) is 0 Å². The molecule has 2 fully saturated rings. The monoisotopic (exact) mass is 407 g/mol. The summed E-state index contributed by atoms with van der Waals surface area (Å²) >= 11 is 6.02. The summed E-state index contributed by atoms with van der Waals surface area (Å²) in [6.45, 7) is 4.29. The number of hydrogen-bond acceptors (Lipinski definition) is 5. The van der Waals surface area contributed by atoms with E-state index in [0.717, 1.165) is 17.7 Å². The number of rotatable bonds is 6. The molecule has 150 valence electrons. The summed E-state index contributed by atoms with van der Waals surface area (Å²) in [6.07, 6.45) is 0.614. The fourth-order valence-corrected chi connectivity index (χ4v) is 3.37.